The molecule has 0 aromatic heterocycles. The third kappa shape index (κ3) is 4.75. The molecule has 0 radical (unpaired) electrons. The molecule has 1 aromatic rings. The zero-order valence-electron chi connectivity index (χ0n) is 10.6. The molecule has 0 heterocycles. The summed E-state index contributed by atoms with van der Waals surface area (Å²) >= 11 is 0. The molecule has 0 bridgehead atoms. The molecule has 0 aliphatic carbocycles. The zero-order valence-corrected chi connectivity index (χ0v) is 11.4. The van der Waals surface area contributed by atoms with E-state index in [9.17, 15) is 4.79 Å². The highest BCUT2D eigenvalue weighted by atomic mass is 35.5. The van der Waals surface area contributed by atoms with E-state index in [1.807, 2.05) is 51.1 Å². The molecule has 4 heteroatoms. The van der Waals surface area contributed by atoms with Gasteiger partial charge in [0.15, 0.2) is 0 Å². The van der Waals surface area contributed by atoms with Crippen molar-refractivity contribution in [2.75, 3.05) is 6.54 Å². The Morgan fingerprint density at radius 2 is 1.88 bits per heavy atom. The van der Waals surface area contributed by atoms with Crippen molar-refractivity contribution in [3.63, 3.8) is 0 Å². The molecule has 0 aliphatic rings. The Morgan fingerprint density at radius 3 is 2.35 bits per heavy atom. The van der Waals surface area contributed by atoms with E-state index in [1.165, 1.54) is 0 Å². The van der Waals surface area contributed by atoms with Crippen LogP contribution >= 0.6 is 12.4 Å². The van der Waals surface area contributed by atoms with Gasteiger partial charge in [-0.1, -0.05) is 30.3 Å². The summed E-state index contributed by atoms with van der Waals surface area (Å²) in [5.74, 6) is -0.131. The van der Waals surface area contributed by atoms with Crippen molar-refractivity contribution in [2.45, 2.75) is 32.2 Å². The molecule has 1 unspecified atom stereocenters. The summed E-state index contributed by atoms with van der Waals surface area (Å²) in [6, 6.07) is 9.73. The minimum absolute atomic E-state index is 0. The number of amides is 1. The van der Waals surface area contributed by atoms with Crippen molar-refractivity contribution in [1.29, 1.82) is 0 Å². The minimum Gasteiger partial charge on any atom is -0.349 e. The van der Waals surface area contributed by atoms with Crippen molar-refractivity contribution in [3.8, 4) is 0 Å². The number of halogens is 1. The van der Waals surface area contributed by atoms with Gasteiger partial charge in [-0.15, -0.1) is 12.4 Å². The number of hydrogen-bond acceptors (Lipinski definition) is 2. The Morgan fingerprint density at radius 1 is 1.35 bits per heavy atom. The number of carbonyl (C=O) groups excluding carboxylic acids is 1. The van der Waals surface area contributed by atoms with E-state index in [-0.39, 0.29) is 29.8 Å². The summed E-state index contributed by atoms with van der Waals surface area (Å²) in [6.07, 6.45) is 0. The Hall–Kier alpha value is -1.06. The molecule has 1 aromatic carbocycles. The van der Waals surface area contributed by atoms with Crippen LogP contribution in [0.3, 0.4) is 0 Å². The van der Waals surface area contributed by atoms with E-state index in [0.29, 0.717) is 6.54 Å². The lowest BCUT2D eigenvalue weighted by atomic mass is 9.98. The number of rotatable bonds is 4. The van der Waals surface area contributed by atoms with Crippen molar-refractivity contribution in [2.24, 2.45) is 5.73 Å². The van der Waals surface area contributed by atoms with Crippen LogP contribution in [0.15, 0.2) is 30.3 Å². The summed E-state index contributed by atoms with van der Waals surface area (Å²) in [5, 5.41) is 2.94. The molecule has 3 nitrogen and oxygen atoms in total. The molecule has 0 spiro atoms. The second-order valence-corrected chi connectivity index (χ2v) is 4.71. The molecule has 0 saturated carbocycles. The topological polar surface area (TPSA) is 55.1 Å². The maximum Gasteiger partial charge on any atom is 0.227 e. The van der Waals surface area contributed by atoms with Gasteiger partial charge in [0.25, 0.3) is 0 Å². The number of benzene rings is 1. The van der Waals surface area contributed by atoms with E-state index in [4.69, 9.17) is 5.73 Å². The summed E-state index contributed by atoms with van der Waals surface area (Å²) < 4.78 is 0. The van der Waals surface area contributed by atoms with Gasteiger partial charge in [-0.3, -0.25) is 4.79 Å². The molecular formula is C13H21ClN2O. The molecule has 17 heavy (non-hydrogen) atoms. The lowest BCUT2D eigenvalue weighted by Gasteiger charge is -2.26. The number of hydrogen-bond donors (Lipinski definition) is 2. The summed E-state index contributed by atoms with van der Waals surface area (Å²) in [7, 11) is 0. The van der Waals surface area contributed by atoms with E-state index in [2.05, 4.69) is 5.32 Å². The molecule has 0 saturated heterocycles. The smallest absolute Gasteiger partial charge is 0.227 e. The van der Waals surface area contributed by atoms with Crippen LogP contribution in [0.5, 0.6) is 0 Å². The molecular weight excluding hydrogens is 236 g/mol. The van der Waals surface area contributed by atoms with Gasteiger partial charge in [-0.25, -0.2) is 0 Å². The van der Waals surface area contributed by atoms with Crippen molar-refractivity contribution in [3.05, 3.63) is 35.9 Å². The van der Waals surface area contributed by atoms with Crippen molar-refractivity contribution >= 4 is 18.3 Å². The molecule has 96 valence electrons. The van der Waals surface area contributed by atoms with Gasteiger partial charge < -0.3 is 11.1 Å². The number of carbonyl (C=O) groups is 1. The van der Waals surface area contributed by atoms with Crippen LogP contribution < -0.4 is 11.1 Å². The Labute approximate surface area is 109 Å². The molecule has 0 fully saturated rings. The average Bonchev–Trinajstić information content (AvgIpc) is 2.28. The Kier molecular flexibility index (Phi) is 6.21. The van der Waals surface area contributed by atoms with Crippen LogP contribution in [0, 0.1) is 0 Å². The largest absolute Gasteiger partial charge is 0.349 e. The van der Waals surface area contributed by atoms with Crippen LogP contribution in [0.2, 0.25) is 0 Å². The van der Waals surface area contributed by atoms with Crippen LogP contribution in [-0.4, -0.2) is 18.0 Å². The monoisotopic (exact) mass is 256 g/mol. The highest BCUT2D eigenvalue weighted by molar-refractivity contribution is 5.85. The molecule has 1 amide bonds. The average molecular weight is 257 g/mol. The van der Waals surface area contributed by atoms with E-state index >= 15 is 0 Å². The third-order valence-electron chi connectivity index (χ3n) is 2.66. The first-order valence-corrected chi connectivity index (χ1v) is 5.53. The van der Waals surface area contributed by atoms with Gasteiger partial charge >= 0.3 is 0 Å². The van der Waals surface area contributed by atoms with Gasteiger partial charge in [-0.05, 0) is 26.3 Å². The highest BCUT2D eigenvalue weighted by Crippen LogP contribution is 2.15. The van der Waals surface area contributed by atoms with Crippen molar-refractivity contribution < 1.29 is 4.79 Å². The Bertz CT molecular complexity index is 352. The predicted octanol–water partition coefficient (Wildman–Crippen LogP) is 2.07. The van der Waals surface area contributed by atoms with E-state index in [0.717, 1.165) is 5.56 Å². The van der Waals surface area contributed by atoms with Gasteiger partial charge in [0.05, 0.1) is 5.92 Å². The van der Waals surface area contributed by atoms with Crippen LogP contribution in [-0.2, 0) is 4.79 Å². The maximum atomic E-state index is 12.0. The first-order chi connectivity index (χ1) is 7.46. The standard InChI is InChI=1S/C13H20N2O.ClH/c1-10(11-7-5-4-6-8-11)12(16)15-13(2,3)9-14;/h4-8,10H,9,14H2,1-3H3,(H,15,16);1H. The van der Waals surface area contributed by atoms with Crippen LogP contribution in [0.25, 0.3) is 0 Å². The Balaban J connectivity index is 0.00000256. The maximum absolute atomic E-state index is 12.0. The molecule has 3 N–H and O–H groups in total. The molecule has 1 rings (SSSR count). The number of nitrogens with one attached hydrogen (secondary N) is 1. The minimum atomic E-state index is -0.347. The normalized spacial score (nSPS) is 12.5. The fraction of sp³-hybridized carbons (Fsp3) is 0.462. The zero-order chi connectivity index (χ0) is 12.2. The summed E-state index contributed by atoms with van der Waals surface area (Å²) in [6.45, 7) is 6.17. The SMILES string of the molecule is CC(C(=O)NC(C)(C)CN)c1ccccc1.Cl. The highest BCUT2D eigenvalue weighted by Gasteiger charge is 2.22. The number of nitrogens with two attached hydrogens (primary N) is 1. The van der Waals surface area contributed by atoms with Gasteiger partial charge in [-0.2, -0.15) is 0 Å². The second kappa shape index (κ2) is 6.62. The lowest BCUT2D eigenvalue weighted by molar-refractivity contribution is -0.123. The first-order valence-electron chi connectivity index (χ1n) is 5.53. The van der Waals surface area contributed by atoms with Gasteiger partial charge in [0, 0.05) is 12.1 Å². The van der Waals surface area contributed by atoms with E-state index < -0.39 is 0 Å². The van der Waals surface area contributed by atoms with Crippen LogP contribution in [0.1, 0.15) is 32.3 Å². The first kappa shape index (κ1) is 15.9. The second-order valence-electron chi connectivity index (χ2n) is 4.71. The van der Waals surface area contributed by atoms with Crippen molar-refractivity contribution in [1.82, 2.24) is 5.32 Å². The van der Waals surface area contributed by atoms with Crippen LogP contribution in [0.4, 0.5) is 0 Å². The summed E-state index contributed by atoms with van der Waals surface area (Å²) in [5.41, 5.74) is 6.25. The fourth-order valence-corrected chi connectivity index (χ4v) is 1.39. The lowest BCUT2D eigenvalue weighted by Crippen LogP contribution is -2.50. The van der Waals surface area contributed by atoms with E-state index in [1.54, 1.807) is 0 Å². The molecule has 0 aliphatic heterocycles. The van der Waals surface area contributed by atoms with Gasteiger partial charge in [0.2, 0.25) is 5.91 Å². The van der Waals surface area contributed by atoms with Gasteiger partial charge in [0.1, 0.15) is 0 Å². The quantitative estimate of drug-likeness (QED) is 0.867. The summed E-state index contributed by atoms with van der Waals surface area (Å²) in [4.78, 5) is 12.0. The predicted molar refractivity (Wildman–Crippen MR) is 73.4 cm³/mol. The third-order valence-corrected chi connectivity index (χ3v) is 2.66. The fourth-order valence-electron chi connectivity index (χ4n) is 1.39. The molecule has 1 atom stereocenters.